The number of carbonyl (C=O) groups excluding carboxylic acids is 1. The van der Waals surface area contributed by atoms with Gasteiger partial charge in [0.25, 0.3) is 0 Å². The van der Waals surface area contributed by atoms with E-state index in [1.807, 2.05) is 32.2 Å². The fourth-order valence-corrected chi connectivity index (χ4v) is 1.99. The van der Waals surface area contributed by atoms with Gasteiger partial charge in [0.05, 0.1) is 0 Å². The number of nitrogens with zero attached hydrogens (tertiary/aromatic N) is 1. The van der Waals surface area contributed by atoms with Crippen molar-refractivity contribution in [1.29, 1.82) is 0 Å². The lowest BCUT2D eigenvalue weighted by atomic mass is 10.1. The number of aryl methyl sites for hydroxylation is 1. The Hall–Kier alpha value is -1.71. The summed E-state index contributed by atoms with van der Waals surface area (Å²) in [6, 6.07) is 5.59. The summed E-state index contributed by atoms with van der Waals surface area (Å²) in [6.07, 6.45) is 0.860. The molecule has 1 saturated heterocycles. The van der Waals surface area contributed by atoms with Gasteiger partial charge in [0.1, 0.15) is 6.04 Å². The van der Waals surface area contributed by atoms with E-state index in [1.54, 1.807) is 4.90 Å². The summed E-state index contributed by atoms with van der Waals surface area (Å²) in [5, 5.41) is 3.27. The van der Waals surface area contributed by atoms with E-state index in [0.717, 1.165) is 29.9 Å². The van der Waals surface area contributed by atoms with Gasteiger partial charge in [-0.15, -0.1) is 0 Å². The second-order valence-corrected chi connectivity index (χ2v) is 4.32. The van der Waals surface area contributed by atoms with Crippen LogP contribution in [0.5, 0.6) is 0 Å². The smallest absolute Gasteiger partial charge is 0.244 e. The first-order chi connectivity index (χ1) is 7.58. The average molecular weight is 219 g/mol. The zero-order valence-corrected chi connectivity index (χ0v) is 9.66. The molecule has 1 unspecified atom stereocenters. The molecule has 1 fully saturated rings. The molecule has 1 aliphatic rings. The largest absolute Gasteiger partial charge is 0.399 e. The van der Waals surface area contributed by atoms with Gasteiger partial charge >= 0.3 is 0 Å². The van der Waals surface area contributed by atoms with Crippen LogP contribution in [0.15, 0.2) is 18.2 Å². The minimum atomic E-state index is -0.0904. The molecule has 1 aliphatic heterocycles. The third kappa shape index (κ3) is 1.96. The molecule has 0 radical (unpaired) electrons. The standard InChI is InChI=1S/C12H17N3O/c1-8-7-9(13)3-4-10(8)14-11-5-6-15(2)12(11)16/h3-4,7,11,14H,5-6,13H2,1-2H3. The topological polar surface area (TPSA) is 58.4 Å². The van der Waals surface area contributed by atoms with Crippen LogP contribution in [-0.4, -0.2) is 30.4 Å². The molecule has 0 spiro atoms. The summed E-state index contributed by atoms with van der Waals surface area (Å²) in [4.78, 5) is 13.5. The van der Waals surface area contributed by atoms with Crippen molar-refractivity contribution in [3.05, 3.63) is 23.8 Å². The van der Waals surface area contributed by atoms with Gasteiger partial charge in [-0.2, -0.15) is 0 Å². The molecule has 0 bridgehead atoms. The molecule has 1 aromatic rings. The Morgan fingerprint density at radius 2 is 2.25 bits per heavy atom. The van der Waals surface area contributed by atoms with Crippen LogP contribution >= 0.6 is 0 Å². The predicted octanol–water partition coefficient (Wildman–Crippen LogP) is 1.22. The third-order valence-corrected chi connectivity index (χ3v) is 3.01. The molecule has 3 N–H and O–H groups in total. The van der Waals surface area contributed by atoms with Crippen LogP contribution in [0.2, 0.25) is 0 Å². The molecule has 0 aromatic heterocycles. The monoisotopic (exact) mass is 219 g/mol. The maximum absolute atomic E-state index is 11.7. The Morgan fingerprint density at radius 3 is 2.81 bits per heavy atom. The normalized spacial score (nSPS) is 20.2. The summed E-state index contributed by atoms with van der Waals surface area (Å²) < 4.78 is 0. The number of hydrogen-bond acceptors (Lipinski definition) is 3. The first kappa shape index (κ1) is 10.8. The maximum atomic E-state index is 11.7. The highest BCUT2D eigenvalue weighted by Gasteiger charge is 2.28. The Morgan fingerprint density at radius 1 is 1.50 bits per heavy atom. The predicted molar refractivity (Wildman–Crippen MR) is 65.3 cm³/mol. The van der Waals surface area contributed by atoms with Crippen molar-refractivity contribution in [3.63, 3.8) is 0 Å². The van der Waals surface area contributed by atoms with E-state index in [0.29, 0.717) is 0 Å². The Bertz CT molecular complexity index is 417. The summed E-state index contributed by atoms with van der Waals surface area (Å²) in [5.74, 6) is 0.163. The SMILES string of the molecule is Cc1cc(N)ccc1NC1CCN(C)C1=O. The van der Waals surface area contributed by atoms with Crippen molar-refractivity contribution in [2.75, 3.05) is 24.6 Å². The van der Waals surface area contributed by atoms with Gasteiger partial charge in [-0.3, -0.25) is 4.79 Å². The van der Waals surface area contributed by atoms with E-state index < -0.39 is 0 Å². The number of likely N-dealkylation sites (tertiary alicyclic amines) is 1. The van der Waals surface area contributed by atoms with Crippen molar-refractivity contribution >= 4 is 17.3 Å². The van der Waals surface area contributed by atoms with Gasteiger partial charge in [0, 0.05) is 25.0 Å². The van der Waals surface area contributed by atoms with Crippen LogP contribution in [0.4, 0.5) is 11.4 Å². The lowest BCUT2D eigenvalue weighted by Gasteiger charge is -2.15. The van der Waals surface area contributed by atoms with Crippen molar-refractivity contribution in [2.24, 2.45) is 0 Å². The van der Waals surface area contributed by atoms with E-state index >= 15 is 0 Å². The number of anilines is 2. The van der Waals surface area contributed by atoms with Gasteiger partial charge in [0.2, 0.25) is 5.91 Å². The van der Waals surface area contributed by atoms with E-state index in [-0.39, 0.29) is 11.9 Å². The number of nitrogens with two attached hydrogens (primary N) is 1. The molecular weight excluding hydrogens is 202 g/mol. The van der Waals surface area contributed by atoms with Crippen molar-refractivity contribution in [2.45, 2.75) is 19.4 Å². The molecule has 1 amide bonds. The molecule has 4 heteroatoms. The van der Waals surface area contributed by atoms with Crippen molar-refractivity contribution in [3.8, 4) is 0 Å². The van der Waals surface area contributed by atoms with Gasteiger partial charge in [-0.05, 0) is 37.1 Å². The Labute approximate surface area is 95.4 Å². The number of nitrogen functional groups attached to an aromatic ring is 1. The van der Waals surface area contributed by atoms with Crippen molar-refractivity contribution in [1.82, 2.24) is 4.90 Å². The molecule has 4 nitrogen and oxygen atoms in total. The average Bonchev–Trinajstić information content (AvgIpc) is 2.54. The molecule has 0 saturated carbocycles. The van der Waals surface area contributed by atoms with Gasteiger partial charge in [0.15, 0.2) is 0 Å². The fraction of sp³-hybridized carbons (Fsp3) is 0.417. The highest BCUT2D eigenvalue weighted by atomic mass is 16.2. The lowest BCUT2D eigenvalue weighted by molar-refractivity contribution is -0.127. The Kier molecular flexibility index (Phi) is 2.73. The van der Waals surface area contributed by atoms with Gasteiger partial charge < -0.3 is 16.0 Å². The summed E-state index contributed by atoms with van der Waals surface area (Å²) in [7, 11) is 1.83. The summed E-state index contributed by atoms with van der Waals surface area (Å²) in [6.45, 7) is 2.81. The number of likely N-dealkylation sites (N-methyl/N-ethyl adjacent to an activating group) is 1. The molecule has 86 valence electrons. The maximum Gasteiger partial charge on any atom is 0.244 e. The van der Waals surface area contributed by atoms with Crippen LogP contribution in [-0.2, 0) is 4.79 Å². The first-order valence-electron chi connectivity index (χ1n) is 5.45. The second kappa shape index (κ2) is 4.04. The number of nitrogens with one attached hydrogen (secondary N) is 1. The van der Waals surface area contributed by atoms with Crippen LogP contribution < -0.4 is 11.1 Å². The fourth-order valence-electron chi connectivity index (χ4n) is 1.99. The number of rotatable bonds is 2. The molecule has 16 heavy (non-hydrogen) atoms. The van der Waals surface area contributed by atoms with E-state index in [9.17, 15) is 4.79 Å². The van der Waals surface area contributed by atoms with E-state index in [1.165, 1.54) is 0 Å². The van der Waals surface area contributed by atoms with Gasteiger partial charge in [-0.1, -0.05) is 0 Å². The van der Waals surface area contributed by atoms with Gasteiger partial charge in [-0.25, -0.2) is 0 Å². The third-order valence-electron chi connectivity index (χ3n) is 3.01. The van der Waals surface area contributed by atoms with E-state index in [4.69, 9.17) is 5.73 Å². The van der Waals surface area contributed by atoms with Crippen LogP contribution in [0.25, 0.3) is 0 Å². The molecule has 1 atom stereocenters. The first-order valence-corrected chi connectivity index (χ1v) is 5.45. The number of benzene rings is 1. The summed E-state index contributed by atoms with van der Waals surface area (Å²) in [5.41, 5.74) is 8.49. The zero-order valence-electron chi connectivity index (χ0n) is 9.66. The Balaban J connectivity index is 2.12. The summed E-state index contributed by atoms with van der Waals surface area (Å²) >= 11 is 0. The number of hydrogen-bond donors (Lipinski definition) is 2. The van der Waals surface area contributed by atoms with Crippen LogP contribution in [0.1, 0.15) is 12.0 Å². The van der Waals surface area contributed by atoms with Crippen LogP contribution in [0.3, 0.4) is 0 Å². The second-order valence-electron chi connectivity index (χ2n) is 4.32. The quantitative estimate of drug-likeness (QED) is 0.735. The molecular formula is C12H17N3O. The zero-order chi connectivity index (χ0) is 11.7. The minimum absolute atomic E-state index is 0.0904. The minimum Gasteiger partial charge on any atom is -0.399 e. The molecule has 0 aliphatic carbocycles. The highest BCUT2D eigenvalue weighted by molar-refractivity contribution is 5.86. The highest BCUT2D eigenvalue weighted by Crippen LogP contribution is 2.21. The number of carbonyl (C=O) groups is 1. The van der Waals surface area contributed by atoms with Crippen molar-refractivity contribution < 1.29 is 4.79 Å². The molecule has 1 aromatic carbocycles. The van der Waals surface area contributed by atoms with E-state index in [2.05, 4.69) is 5.32 Å². The van der Waals surface area contributed by atoms with Crippen LogP contribution in [0, 0.1) is 6.92 Å². The molecule has 1 heterocycles. The molecule has 2 rings (SSSR count). The number of amides is 1. The lowest BCUT2D eigenvalue weighted by Crippen LogP contribution is -2.31.